The Balaban J connectivity index is 1.95. The molecule has 6 heteroatoms. The topological polar surface area (TPSA) is 46.9 Å². The van der Waals surface area contributed by atoms with Gasteiger partial charge in [0, 0.05) is 63.1 Å². The zero-order chi connectivity index (χ0) is 22.0. The third-order valence-electron chi connectivity index (χ3n) is 6.37. The van der Waals surface area contributed by atoms with Gasteiger partial charge in [0.1, 0.15) is 11.5 Å². The minimum Gasteiger partial charge on any atom is -0.496 e. The molecule has 6 nitrogen and oxygen atoms in total. The van der Waals surface area contributed by atoms with E-state index in [0.29, 0.717) is 6.04 Å². The first kappa shape index (κ1) is 22.4. The molecule has 0 unspecified atom stereocenters. The average molecular weight is 414 g/mol. The Hall–Kier alpha value is -2.31. The monoisotopic (exact) mass is 413 g/mol. The summed E-state index contributed by atoms with van der Waals surface area (Å²) in [6.45, 7) is 13.4. The molecule has 1 fully saturated rings. The van der Waals surface area contributed by atoms with E-state index < -0.39 is 0 Å². The molecule has 1 aromatic heterocycles. The van der Waals surface area contributed by atoms with Gasteiger partial charge in [-0.3, -0.25) is 14.6 Å². The summed E-state index contributed by atoms with van der Waals surface area (Å²) < 4.78 is 13.2. The lowest BCUT2D eigenvalue weighted by Gasteiger charge is -2.37. The fourth-order valence-corrected chi connectivity index (χ4v) is 4.22. The summed E-state index contributed by atoms with van der Waals surface area (Å²) in [6, 6.07) is 4.71. The smallest absolute Gasteiger partial charge is 0.253 e. The van der Waals surface area contributed by atoms with Crippen molar-refractivity contribution in [3.63, 3.8) is 0 Å². The molecular weight excluding hydrogens is 378 g/mol. The highest BCUT2D eigenvalue weighted by molar-refractivity contribution is 5.72. The highest BCUT2D eigenvalue weighted by Crippen LogP contribution is 2.37. The van der Waals surface area contributed by atoms with E-state index in [1.54, 1.807) is 25.8 Å². The summed E-state index contributed by atoms with van der Waals surface area (Å²) in [6.07, 6.45) is 1.89. The molecule has 0 atom stereocenters. The van der Waals surface area contributed by atoms with Crippen LogP contribution in [-0.4, -0.2) is 60.8 Å². The summed E-state index contributed by atoms with van der Waals surface area (Å²) in [5.74, 6) is 1.64. The molecule has 0 amide bonds. The lowest BCUT2D eigenvalue weighted by atomic mass is 9.97. The lowest BCUT2D eigenvalue weighted by molar-refractivity contribution is 0.103. The lowest BCUT2D eigenvalue weighted by Crippen LogP contribution is -2.48. The van der Waals surface area contributed by atoms with Crippen LogP contribution in [0, 0.1) is 13.8 Å². The zero-order valence-electron chi connectivity index (χ0n) is 19.4. The molecule has 1 aliphatic heterocycles. The van der Waals surface area contributed by atoms with Gasteiger partial charge in [0.15, 0.2) is 0 Å². The summed E-state index contributed by atoms with van der Waals surface area (Å²) in [5, 5.41) is 0. The van der Waals surface area contributed by atoms with Gasteiger partial charge in [-0.25, -0.2) is 0 Å². The molecule has 30 heavy (non-hydrogen) atoms. The molecule has 0 bridgehead atoms. The van der Waals surface area contributed by atoms with Crippen molar-refractivity contribution >= 4 is 0 Å². The molecule has 0 saturated carbocycles. The first-order valence-electron chi connectivity index (χ1n) is 10.6. The second-order valence-electron chi connectivity index (χ2n) is 8.47. The van der Waals surface area contributed by atoms with Crippen LogP contribution >= 0.6 is 0 Å². The SMILES string of the molecule is COc1cc(-c2cn(C)c(=O)c(C)c2C)cc(OC)c1CN1CCN(C(C)C)CC1. The largest absolute Gasteiger partial charge is 0.496 e. The van der Waals surface area contributed by atoms with Crippen LogP contribution in [-0.2, 0) is 13.6 Å². The number of piperazine rings is 1. The van der Waals surface area contributed by atoms with Crippen molar-refractivity contribution in [3.8, 4) is 22.6 Å². The van der Waals surface area contributed by atoms with Crippen molar-refractivity contribution in [2.75, 3.05) is 40.4 Å². The first-order chi connectivity index (χ1) is 14.3. The van der Waals surface area contributed by atoms with Crippen LogP contribution in [0.3, 0.4) is 0 Å². The fraction of sp³-hybridized carbons (Fsp3) is 0.542. The number of nitrogens with zero attached hydrogens (tertiary/aromatic N) is 3. The molecule has 2 aromatic rings. The molecular formula is C24H35N3O3. The van der Waals surface area contributed by atoms with Crippen LogP contribution in [0.5, 0.6) is 11.5 Å². The van der Waals surface area contributed by atoms with Crippen molar-refractivity contribution in [1.29, 1.82) is 0 Å². The van der Waals surface area contributed by atoms with Crippen LogP contribution in [0.1, 0.15) is 30.5 Å². The number of aryl methyl sites for hydroxylation is 1. The van der Waals surface area contributed by atoms with E-state index in [9.17, 15) is 4.79 Å². The van der Waals surface area contributed by atoms with Gasteiger partial charge in [-0.15, -0.1) is 0 Å². The quantitative estimate of drug-likeness (QED) is 0.728. The Morgan fingerprint density at radius 1 is 0.967 bits per heavy atom. The Kier molecular flexibility index (Phi) is 6.88. The van der Waals surface area contributed by atoms with Gasteiger partial charge in [-0.1, -0.05) is 0 Å². The standard InChI is InChI=1S/C24H35N3O3/c1-16(2)27-10-8-26(9-11-27)15-21-22(29-6)12-19(13-23(21)30-7)20-14-25(5)24(28)18(4)17(20)3/h12-14,16H,8-11,15H2,1-7H3. The maximum absolute atomic E-state index is 12.3. The minimum absolute atomic E-state index is 0.0346. The maximum atomic E-state index is 12.3. The number of aromatic nitrogens is 1. The molecule has 0 radical (unpaired) electrons. The predicted molar refractivity (Wildman–Crippen MR) is 122 cm³/mol. The van der Waals surface area contributed by atoms with E-state index in [1.165, 1.54) is 0 Å². The second kappa shape index (κ2) is 9.23. The Labute approximate surface area is 180 Å². The van der Waals surface area contributed by atoms with Gasteiger partial charge in [0.25, 0.3) is 5.56 Å². The number of benzene rings is 1. The fourth-order valence-electron chi connectivity index (χ4n) is 4.22. The van der Waals surface area contributed by atoms with Gasteiger partial charge in [-0.05, 0) is 51.0 Å². The molecule has 1 saturated heterocycles. The van der Waals surface area contributed by atoms with Crippen molar-refractivity contribution in [1.82, 2.24) is 14.4 Å². The summed E-state index contributed by atoms with van der Waals surface area (Å²) >= 11 is 0. The Morgan fingerprint density at radius 3 is 2.03 bits per heavy atom. The Morgan fingerprint density at radius 2 is 1.53 bits per heavy atom. The molecule has 1 aliphatic rings. The van der Waals surface area contributed by atoms with E-state index in [2.05, 4.69) is 35.8 Å². The minimum atomic E-state index is 0.0346. The summed E-state index contributed by atoms with van der Waals surface area (Å²) in [4.78, 5) is 17.2. The van der Waals surface area contributed by atoms with Gasteiger partial charge in [-0.2, -0.15) is 0 Å². The molecule has 0 aliphatic carbocycles. The first-order valence-corrected chi connectivity index (χ1v) is 10.6. The molecule has 2 heterocycles. The second-order valence-corrected chi connectivity index (χ2v) is 8.47. The molecule has 1 aromatic carbocycles. The number of methoxy groups -OCH3 is 2. The number of ether oxygens (including phenoxy) is 2. The number of pyridine rings is 1. The maximum Gasteiger partial charge on any atom is 0.253 e. The Bertz CT molecular complexity index is 932. The summed E-state index contributed by atoms with van der Waals surface area (Å²) in [7, 11) is 5.20. The molecule has 164 valence electrons. The van der Waals surface area contributed by atoms with E-state index >= 15 is 0 Å². The third-order valence-corrected chi connectivity index (χ3v) is 6.37. The van der Waals surface area contributed by atoms with Crippen molar-refractivity contribution < 1.29 is 9.47 Å². The van der Waals surface area contributed by atoms with E-state index in [4.69, 9.17) is 9.47 Å². The van der Waals surface area contributed by atoms with Gasteiger partial charge >= 0.3 is 0 Å². The highest BCUT2D eigenvalue weighted by Gasteiger charge is 2.22. The van der Waals surface area contributed by atoms with Gasteiger partial charge < -0.3 is 14.0 Å². The van der Waals surface area contributed by atoms with E-state index in [0.717, 1.165) is 72.0 Å². The van der Waals surface area contributed by atoms with E-state index in [-0.39, 0.29) is 5.56 Å². The van der Waals surface area contributed by atoms with Gasteiger partial charge in [0.2, 0.25) is 0 Å². The average Bonchev–Trinajstić information content (AvgIpc) is 2.75. The van der Waals surface area contributed by atoms with Crippen molar-refractivity contribution in [2.45, 2.75) is 40.3 Å². The van der Waals surface area contributed by atoms with Crippen molar-refractivity contribution in [3.05, 3.63) is 45.4 Å². The van der Waals surface area contributed by atoms with Crippen LogP contribution in [0.15, 0.2) is 23.1 Å². The van der Waals surface area contributed by atoms with Gasteiger partial charge in [0.05, 0.1) is 19.8 Å². The normalized spacial score (nSPS) is 15.6. The van der Waals surface area contributed by atoms with Crippen LogP contribution < -0.4 is 15.0 Å². The number of hydrogen-bond acceptors (Lipinski definition) is 5. The third kappa shape index (κ3) is 4.40. The summed E-state index contributed by atoms with van der Waals surface area (Å²) in [5.41, 5.74) is 4.87. The molecule has 3 rings (SSSR count). The van der Waals surface area contributed by atoms with Crippen LogP contribution in [0.4, 0.5) is 0 Å². The zero-order valence-corrected chi connectivity index (χ0v) is 19.4. The molecule has 0 N–H and O–H groups in total. The highest BCUT2D eigenvalue weighted by atomic mass is 16.5. The number of rotatable bonds is 6. The van der Waals surface area contributed by atoms with E-state index in [1.807, 2.05) is 20.0 Å². The van der Waals surface area contributed by atoms with Crippen LogP contribution in [0.2, 0.25) is 0 Å². The van der Waals surface area contributed by atoms with Crippen LogP contribution in [0.25, 0.3) is 11.1 Å². The van der Waals surface area contributed by atoms with Crippen molar-refractivity contribution in [2.24, 2.45) is 7.05 Å². The predicted octanol–water partition coefficient (Wildman–Crippen LogP) is 3.21. The molecule has 0 spiro atoms. The number of hydrogen-bond donors (Lipinski definition) is 0.